The summed E-state index contributed by atoms with van der Waals surface area (Å²) in [7, 11) is 0. The van der Waals surface area contributed by atoms with Crippen molar-refractivity contribution in [3.8, 4) is 0 Å². The highest BCUT2D eigenvalue weighted by molar-refractivity contribution is 6.44. The van der Waals surface area contributed by atoms with Gasteiger partial charge in [-0.1, -0.05) is 46.9 Å². The van der Waals surface area contributed by atoms with Gasteiger partial charge in [-0.05, 0) is 24.3 Å². The molecule has 1 amide bonds. The molecular weight excluding hydrogens is 401 g/mol. The maximum atomic E-state index is 12.0. The third kappa shape index (κ3) is 4.27. The molecule has 1 heterocycles. The van der Waals surface area contributed by atoms with E-state index in [0.717, 1.165) is 11.0 Å². The molecule has 0 radical (unpaired) electrons. The average molecular weight is 413 g/mol. The van der Waals surface area contributed by atoms with Crippen molar-refractivity contribution in [2.45, 2.75) is 6.54 Å². The van der Waals surface area contributed by atoms with Gasteiger partial charge in [0.05, 0.1) is 38.1 Å². The Morgan fingerprint density at radius 1 is 1.08 bits per heavy atom. The molecule has 0 atom stereocenters. The maximum absolute atomic E-state index is 12.0. The molecule has 0 saturated carbocycles. The van der Waals surface area contributed by atoms with Crippen molar-refractivity contribution in [2.75, 3.05) is 11.9 Å². The van der Waals surface area contributed by atoms with Crippen LogP contribution in [0, 0.1) is 0 Å². The van der Waals surface area contributed by atoms with Gasteiger partial charge in [0.15, 0.2) is 6.61 Å². The first-order chi connectivity index (χ1) is 12.4. The van der Waals surface area contributed by atoms with Crippen molar-refractivity contribution in [1.29, 1.82) is 0 Å². The molecular formula is C17H12Cl3N3O3. The molecule has 134 valence electrons. The summed E-state index contributed by atoms with van der Waals surface area (Å²) in [6.45, 7) is -0.511. The zero-order chi connectivity index (χ0) is 18.7. The first-order valence-electron chi connectivity index (χ1n) is 7.44. The quantitative estimate of drug-likeness (QED) is 0.504. The number of carbonyl (C=O) groups excluding carboxylic acids is 2. The fraction of sp³-hybridized carbons (Fsp3) is 0.118. The minimum Gasteiger partial charge on any atom is -0.454 e. The van der Waals surface area contributed by atoms with Crippen molar-refractivity contribution in [3.05, 3.63) is 57.8 Å². The molecule has 3 rings (SSSR count). The first kappa shape index (κ1) is 18.5. The summed E-state index contributed by atoms with van der Waals surface area (Å²) in [4.78, 5) is 28.1. The van der Waals surface area contributed by atoms with E-state index < -0.39 is 18.5 Å². The van der Waals surface area contributed by atoms with E-state index in [1.54, 1.807) is 10.9 Å². The van der Waals surface area contributed by atoms with Gasteiger partial charge >= 0.3 is 5.97 Å². The van der Waals surface area contributed by atoms with Gasteiger partial charge in [-0.2, -0.15) is 0 Å². The van der Waals surface area contributed by atoms with E-state index in [2.05, 4.69) is 10.3 Å². The van der Waals surface area contributed by atoms with Crippen LogP contribution in [0.1, 0.15) is 0 Å². The lowest BCUT2D eigenvalue weighted by atomic mass is 10.3. The maximum Gasteiger partial charge on any atom is 0.326 e. The number of fused-ring (bicyclic) bond motifs is 1. The summed E-state index contributed by atoms with van der Waals surface area (Å²) >= 11 is 17.7. The Hall–Kier alpha value is -2.28. The first-order valence-corrected chi connectivity index (χ1v) is 8.57. The van der Waals surface area contributed by atoms with Gasteiger partial charge in [0.1, 0.15) is 6.54 Å². The highest BCUT2D eigenvalue weighted by Crippen LogP contribution is 2.32. The van der Waals surface area contributed by atoms with E-state index in [4.69, 9.17) is 39.5 Å². The third-order valence-corrected chi connectivity index (χ3v) is 4.51. The third-order valence-electron chi connectivity index (χ3n) is 3.48. The zero-order valence-corrected chi connectivity index (χ0v) is 15.5. The molecule has 0 aliphatic carbocycles. The highest BCUT2D eigenvalue weighted by atomic mass is 35.5. The van der Waals surface area contributed by atoms with Crippen LogP contribution >= 0.6 is 34.8 Å². The van der Waals surface area contributed by atoms with Crippen LogP contribution < -0.4 is 5.32 Å². The fourth-order valence-corrected chi connectivity index (χ4v) is 2.87. The fourth-order valence-electron chi connectivity index (χ4n) is 2.27. The second-order valence-corrected chi connectivity index (χ2v) is 6.54. The molecule has 26 heavy (non-hydrogen) atoms. The second-order valence-electron chi connectivity index (χ2n) is 5.32. The minimum atomic E-state index is -0.566. The van der Waals surface area contributed by atoms with Gasteiger partial charge < -0.3 is 14.6 Å². The number of hydrogen-bond donors (Lipinski definition) is 1. The van der Waals surface area contributed by atoms with Crippen molar-refractivity contribution < 1.29 is 14.3 Å². The zero-order valence-electron chi connectivity index (χ0n) is 13.2. The van der Waals surface area contributed by atoms with Gasteiger partial charge in [-0.25, -0.2) is 4.98 Å². The van der Waals surface area contributed by atoms with Gasteiger partial charge in [0, 0.05) is 0 Å². The average Bonchev–Trinajstić information content (AvgIpc) is 3.01. The van der Waals surface area contributed by atoms with E-state index in [0.29, 0.717) is 0 Å². The summed E-state index contributed by atoms with van der Waals surface area (Å²) in [5.41, 5.74) is 1.85. The van der Waals surface area contributed by atoms with Gasteiger partial charge in [0.2, 0.25) is 0 Å². The number of para-hydroxylation sites is 2. The highest BCUT2D eigenvalue weighted by Gasteiger charge is 2.13. The number of halogens is 3. The normalized spacial score (nSPS) is 10.7. The SMILES string of the molecule is O=C(COC(=O)Cn1cnc2ccccc21)Nc1cc(Cl)c(Cl)cc1Cl. The molecule has 1 N–H and O–H groups in total. The molecule has 6 nitrogen and oxygen atoms in total. The lowest BCUT2D eigenvalue weighted by Crippen LogP contribution is -2.23. The Morgan fingerprint density at radius 3 is 2.62 bits per heavy atom. The Bertz CT molecular complexity index is 988. The standard InChI is InChI=1S/C17H12Cl3N3O3/c18-10-5-12(20)14(6-11(10)19)22-16(24)8-26-17(25)7-23-9-21-13-3-1-2-4-15(13)23/h1-6,9H,7-8H2,(H,22,24). The molecule has 0 fully saturated rings. The summed E-state index contributed by atoms with van der Waals surface area (Å²) in [6, 6.07) is 10.2. The number of imidazole rings is 1. The van der Waals surface area contributed by atoms with E-state index in [-0.39, 0.29) is 27.3 Å². The molecule has 0 spiro atoms. The Morgan fingerprint density at radius 2 is 1.81 bits per heavy atom. The minimum absolute atomic E-state index is 0.0542. The molecule has 1 aromatic heterocycles. The van der Waals surface area contributed by atoms with Crippen LogP contribution in [0.2, 0.25) is 15.1 Å². The molecule has 9 heteroatoms. The predicted molar refractivity (Wildman–Crippen MR) is 101 cm³/mol. The number of amides is 1. The monoisotopic (exact) mass is 411 g/mol. The van der Waals surface area contributed by atoms with Crippen LogP contribution in [-0.4, -0.2) is 28.0 Å². The topological polar surface area (TPSA) is 73.2 Å². The van der Waals surface area contributed by atoms with Crippen LogP contribution in [0.25, 0.3) is 11.0 Å². The van der Waals surface area contributed by atoms with Gasteiger partial charge in [-0.3, -0.25) is 9.59 Å². The summed E-state index contributed by atoms with van der Waals surface area (Å²) in [5, 5.41) is 3.26. The smallest absolute Gasteiger partial charge is 0.326 e. The van der Waals surface area contributed by atoms with Crippen molar-refractivity contribution in [1.82, 2.24) is 9.55 Å². The van der Waals surface area contributed by atoms with E-state index in [9.17, 15) is 9.59 Å². The number of hydrogen-bond acceptors (Lipinski definition) is 4. The number of rotatable bonds is 5. The Kier molecular flexibility index (Phi) is 5.66. The summed E-state index contributed by atoms with van der Waals surface area (Å²) < 4.78 is 6.63. The van der Waals surface area contributed by atoms with Crippen molar-refractivity contribution in [3.63, 3.8) is 0 Å². The molecule has 0 aliphatic heterocycles. The predicted octanol–water partition coefficient (Wildman–Crippen LogP) is 4.18. The van der Waals surface area contributed by atoms with Crippen molar-refractivity contribution >= 4 is 63.4 Å². The number of ether oxygens (including phenoxy) is 1. The van der Waals surface area contributed by atoms with Crippen LogP contribution in [0.15, 0.2) is 42.7 Å². The number of aromatic nitrogens is 2. The van der Waals surface area contributed by atoms with Gasteiger partial charge in [0.25, 0.3) is 5.91 Å². The molecule has 0 unspecified atom stereocenters. The number of nitrogens with one attached hydrogen (secondary N) is 1. The molecule has 3 aromatic rings. The Balaban J connectivity index is 1.56. The summed E-state index contributed by atoms with van der Waals surface area (Å²) in [6.07, 6.45) is 1.54. The molecule has 0 aliphatic rings. The molecule has 0 bridgehead atoms. The number of anilines is 1. The number of nitrogens with zero attached hydrogens (tertiary/aromatic N) is 2. The second kappa shape index (κ2) is 7.95. The van der Waals surface area contributed by atoms with Crippen LogP contribution in [-0.2, 0) is 20.9 Å². The van der Waals surface area contributed by atoms with E-state index in [1.165, 1.54) is 12.1 Å². The number of carbonyl (C=O) groups is 2. The number of benzene rings is 2. The van der Waals surface area contributed by atoms with Crippen LogP contribution in [0.5, 0.6) is 0 Å². The van der Waals surface area contributed by atoms with Crippen LogP contribution in [0.3, 0.4) is 0 Å². The molecule has 0 saturated heterocycles. The lowest BCUT2D eigenvalue weighted by molar-refractivity contribution is -0.147. The van der Waals surface area contributed by atoms with E-state index in [1.807, 2.05) is 24.3 Å². The Labute approximate surface area is 163 Å². The lowest BCUT2D eigenvalue weighted by Gasteiger charge is -2.09. The van der Waals surface area contributed by atoms with Crippen molar-refractivity contribution in [2.24, 2.45) is 0 Å². The van der Waals surface area contributed by atoms with Crippen LogP contribution in [0.4, 0.5) is 5.69 Å². The largest absolute Gasteiger partial charge is 0.454 e. The molecule has 2 aromatic carbocycles. The number of esters is 1. The van der Waals surface area contributed by atoms with E-state index >= 15 is 0 Å². The summed E-state index contributed by atoms with van der Waals surface area (Å²) in [5.74, 6) is -1.11. The van der Waals surface area contributed by atoms with Gasteiger partial charge in [-0.15, -0.1) is 0 Å².